The standard InChI is InChI=1S/C21H21F5N2O2.CH3F/c1-12(11-29-16-5-3-14(9-27)18(7-16)20(22)23)13(2)30-17-6-4-15(10-28)19(8-17)21(24,25)26;1-2/h3-8,12-13,20H,9,11,27H2,1-2H3;1H3. The monoisotopic (exact) mass is 462 g/mol. The van der Waals surface area contributed by atoms with Crippen LogP contribution in [0.2, 0.25) is 0 Å². The average Bonchev–Trinajstić information content (AvgIpc) is 2.77. The summed E-state index contributed by atoms with van der Waals surface area (Å²) in [4.78, 5) is 0. The predicted molar refractivity (Wildman–Crippen MR) is 107 cm³/mol. The third-order valence-electron chi connectivity index (χ3n) is 4.63. The van der Waals surface area contributed by atoms with Crippen molar-refractivity contribution in [3.8, 4) is 17.6 Å². The molecule has 0 spiro atoms. The van der Waals surface area contributed by atoms with Gasteiger partial charge in [-0.2, -0.15) is 18.4 Å². The second kappa shape index (κ2) is 12.2. The van der Waals surface area contributed by atoms with Gasteiger partial charge in [-0.05, 0) is 42.8 Å². The van der Waals surface area contributed by atoms with Crippen molar-refractivity contribution in [2.24, 2.45) is 11.7 Å². The lowest BCUT2D eigenvalue weighted by molar-refractivity contribution is -0.137. The summed E-state index contributed by atoms with van der Waals surface area (Å²) in [6.45, 7) is 3.48. The minimum absolute atomic E-state index is 0.0221. The lowest BCUT2D eigenvalue weighted by Crippen LogP contribution is -2.26. The Bertz CT molecular complexity index is 912. The number of alkyl halides is 6. The Balaban J connectivity index is 0.00000249. The van der Waals surface area contributed by atoms with Crippen LogP contribution in [0.5, 0.6) is 11.5 Å². The van der Waals surface area contributed by atoms with Gasteiger partial charge in [0.25, 0.3) is 6.43 Å². The molecule has 0 radical (unpaired) electrons. The number of benzene rings is 2. The summed E-state index contributed by atoms with van der Waals surface area (Å²) in [5.41, 5.74) is 4.01. The van der Waals surface area contributed by atoms with Crippen LogP contribution in [0.25, 0.3) is 0 Å². The highest BCUT2D eigenvalue weighted by Gasteiger charge is 2.34. The smallest absolute Gasteiger partial charge is 0.417 e. The average molecular weight is 462 g/mol. The van der Waals surface area contributed by atoms with E-state index in [4.69, 9.17) is 20.5 Å². The van der Waals surface area contributed by atoms with Crippen molar-refractivity contribution >= 4 is 0 Å². The molecule has 2 N–H and O–H groups in total. The third kappa shape index (κ3) is 7.34. The summed E-state index contributed by atoms with van der Waals surface area (Å²) in [5, 5.41) is 8.85. The summed E-state index contributed by atoms with van der Waals surface area (Å²) < 4.78 is 86.1. The Hall–Kier alpha value is -2.93. The fourth-order valence-corrected chi connectivity index (χ4v) is 2.67. The lowest BCUT2D eigenvalue weighted by Gasteiger charge is -2.23. The van der Waals surface area contributed by atoms with Gasteiger partial charge in [0.05, 0.1) is 31.0 Å². The van der Waals surface area contributed by atoms with Crippen molar-refractivity contribution in [3.05, 3.63) is 58.7 Å². The first-order valence-electron chi connectivity index (χ1n) is 9.46. The molecule has 176 valence electrons. The second-order valence-corrected chi connectivity index (χ2v) is 6.79. The van der Waals surface area contributed by atoms with Crippen molar-refractivity contribution in [2.75, 3.05) is 13.8 Å². The highest BCUT2D eigenvalue weighted by Crippen LogP contribution is 2.34. The van der Waals surface area contributed by atoms with E-state index in [1.807, 2.05) is 0 Å². The van der Waals surface area contributed by atoms with Gasteiger partial charge >= 0.3 is 6.18 Å². The highest BCUT2D eigenvalue weighted by molar-refractivity contribution is 5.44. The minimum atomic E-state index is -4.68. The number of halogens is 6. The number of hydrogen-bond acceptors (Lipinski definition) is 4. The molecule has 2 aromatic carbocycles. The molecule has 2 aromatic rings. The fourth-order valence-electron chi connectivity index (χ4n) is 2.67. The van der Waals surface area contributed by atoms with Crippen LogP contribution in [-0.4, -0.2) is 19.9 Å². The van der Waals surface area contributed by atoms with E-state index in [1.165, 1.54) is 30.3 Å². The van der Waals surface area contributed by atoms with Crippen LogP contribution >= 0.6 is 0 Å². The first-order chi connectivity index (χ1) is 15.1. The fraction of sp³-hybridized carbons (Fsp3) is 0.409. The van der Waals surface area contributed by atoms with E-state index in [1.54, 1.807) is 13.8 Å². The molecule has 0 aliphatic carbocycles. The van der Waals surface area contributed by atoms with Crippen LogP contribution < -0.4 is 15.2 Å². The van der Waals surface area contributed by atoms with Gasteiger partial charge in [-0.15, -0.1) is 0 Å². The van der Waals surface area contributed by atoms with Gasteiger partial charge < -0.3 is 15.2 Å². The van der Waals surface area contributed by atoms with Gasteiger partial charge in [0.15, 0.2) is 0 Å². The third-order valence-corrected chi connectivity index (χ3v) is 4.63. The molecule has 0 heterocycles. The van der Waals surface area contributed by atoms with Gasteiger partial charge in [0.2, 0.25) is 0 Å². The Morgan fingerprint density at radius 3 is 2.19 bits per heavy atom. The number of hydrogen-bond donors (Lipinski definition) is 1. The molecular formula is C22H24F6N2O2. The summed E-state index contributed by atoms with van der Waals surface area (Å²) in [6.07, 6.45) is -7.91. The number of ether oxygens (including phenoxy) is 2. The van der Waals surface area contributed by atoms with Crippen LogP contribution in [-0.2, 0) is 12.7 Å². The SMILES string of the molecule is CC(COc1ccc(CN)c(C(F)F)c1)C(C)Oc1ccc(C#N)c(C(F)(F)F)c1.CF. The molecule has 2 unspecified atom stereocenters. The number of rotatable bonds is 8. The lowest BCUT2D eigenvalue weighted by atomic mass is 10.1. The van der Waals surface area contributed by atoms with Crippen molar-refractivity contribution in [1.29, 1.82) is 5.26 Å². The van der Waals surface area contributed by atoms with Crippen molar-refractivity contribution in [2.45, 2.75) is 39.1 Å². The number of nitrogens with zero attached hydrogens (tertiary/aromatic N) is 1. The summed E-state index contributed by atoms with van der Waals surface area (Å²) in [5.74, 6) is -0.0774. The quantitative estimate of drug-likeness (QED) is 0.486. The number of nitrogens with two attached hydrogens (primary N) is 1. The zero-order valence-electron chi connectivity index (χ0n) is 17.7. The van der Waals surface area contributed by atoms with E-state index < -0.39 is 29.8 Å². The summed E-state index contributed by atoms with van der Waals surface area (Å²) in [6, 6.07) is 8.85. The van der Waals surface area contributed by atoms with E-state index in [9.17, 15) is 26.3 Å². The minimum Gasteiger partial charge on any atom is -0.493 e. The van der Waals surface area contributed by atoms with Crippen LogP contribution in [0.1, 0.15) is 42.5 Å². The molecule has 0 fully saturated rings. The summed E-state index contributed by atoms with van der Waals surface area (Å²) in [7, 11) is 0.500. The summed E-state index contributed by atoms with van der Waals surface area (Å²) >= 11 is 0. The molecule has 0 aliphatic rings. The van der Waals surface area contributed by atoms with Gasteiger partial charge in [-0.25, -0.2) is 8.78 Å². The molecule has 10 heteroatoms. The first-order valence-corrected chi connectivity index (χ1v) is 9.46. The van der Waals surface area contributed by atoms with E-state index >= 15 is 0 Å². The Kier molecular flexibility index (Phi) is 10.3. The number of nitriles is 1. The maximum Gasteiger partial charge on any atom is 0.417 e. The zero-order valence-corrected chi connectivity index (χ0v) is 17.7. The van der Waals surface area contributed by atoms with Gasteiger partial charge in [0.1, 0.15) is 17.6 Å². The van der Waals surface area contributed by atoms with Crippen LogP contribution in [0, 0.1) is 17.2 Å². The highest BCUT2D eigenvalue weighted by atomic mass is 19.4. The Labute approximate surface area is 182 Å². The molecule has 2 atom stereocenters. The van der Waals surface area contributed by atoms with Crippen LogP contribution in [0.4, 0.5) is 26.3 Å². The molecule has 4 nitrogen and oxygen atoms in total. The van der Waals surface area contributed by atoms with Gasteiger partial charge in [-0.1, -0.05) is 13.0 Å². The molecule has 0 amide bonds. The van der Waals surface area contributed by atoms with Crippen LogP contribution in [0.15, 0.2) is 36.4 Å². The molecule has 2 rings (SSSR count). The first kappa shape index (κ1) is 27.1. The van der Waals surface area contributed by atoms with Crippen molar-refractivity contribution in [3.63, 3.8) is 0 Å². The maximum atomic E-state index is 13.1. The molecule has 0 saturated heterocycles. The van der Waals surface area contributed by atoms with E-state index in [2.05, 4.69) is 0 Å². The van der Waals surface area contributed by atoms with Crippen molar-refractivity contribution in [1.82, 2.24) is 0 Å². The normalized spacial score (nSPS) is 12.9. The molecule has 0 saturated carbocycles. The molecule has 0 aliphatic heterocycles. The molecule has 0 aromatic heterocycles. The molecule has 0 bridgehead atoms. The Morgan fingerprint density at radius 2 is 1.66 bits per heavy atom. The van der Waals surface area contributed by atoms with Crippen molar-refractivity contribution < 1.29 is 35.8 Å². The van der Waals surface area contributed by atoms with E-state index in [0.717, 1.165) is 12.1 Å². The largest absolute Gasteiger partial charge is 0.493 e. The van der Waals surface area contributed by atoms with Gasteiger partial charge in [-0.3, -0.25) is 4.39 Å². The maximum absolute atomic E-state index is 13.1. The zero-order chi connectivity index (χ0) is 24.5. The van der Waals surface area contributed by atoms with Gasteiger partial charge in [0, 0.05) is 18.0 Å². The second-order valence-electron chi connectivity index (χ2n) is 6.79. The Morgan fingerprint density at radius 1 is 1.03 bits per heavy atom. The molecule has 32 heavy (non-hydrogen) atoms. The predicted octanol–water partition coefficient (Wildman–Crippen LogP) is 6.04. The van der Waals surface area contributed by atoms with E-state index in [-0.39, 0.29) is 36.1 Å². The molecular weight excluding hydrogens is 438 g/mol. The topological polar surface area (TPSA) is 68.3 Å². The van der Waals surface area contributed by atoms with E-state index in [0.29, 0.717) is 12.7 Å². The van der Waals surface area contributed by atoms with Crippen LogP contribution in [0.3, 0.4) is 0 Å².